The molecule has 1 heterocycles. The monoisotopic (exact) mass is 326 g/mol. The van der Waals surface area contributed by atoms with Gasteiger partial charge in [0.05, 0.1) is 0 Å². The molecule has 0 aromatic heterocycles. The molecule has 1 N–H and O–H groups in total. The van der Waals surface area contributed by atoms with E-state index in [1.165, 1.54) is 104 Å². The maximum Gasteiger partial charge on any atom is -0.00213 e. The molecule has 1 aliphatic heterocycles. The van der Waals surface area contributed by atoms with Gasteiger partial charge in [-0.1, -0.05) is 0 Å². The molecule has 1 saturated heterocycles. The molecule has 4 nitrogen and oxygen atoms in total. The van der Waals surface area contributed by atoms with Crippen LogP contribution in [0.5, 0.6) is 0 Å². The Morgan fingerprint density at radius 1 is 0.435 bits per heavy atom. The second-order valence-corrected chi connectivity index (χ2v) is 7.49. The fourth-order valence-electron chi connectivity index (χ4n) is 3.25. The van der Waals surface area contributed by atoms with E-state index in [2.05, 4.69) is 41.2 Å². The van der Waals surface area contributed by atoms with Gasteiger partial charge in [0, 0.05) is 0 Å². The number of nitrogens with one attached hydrogen (secondary N) is 1. The second-order valence-electron chi connectivity index (χ2n) is 7.49. The molecule has 0 unspecified atom stereocenters. The Hall–Kier alpha value is -0.160. The number of rotatable bonds is 0. The topological polar surface area (TPSA) is 21.8 Å². The van der Waals surface area contributed by atoms with Crippen molar-refractivity contribution in [3.05, 3.63) is 0 Å². The molecule has 0 spiro atoms. The lowest BCUT2D eigenvalue weighted by Gasteiger charge is -2.20. The van der Waals surface area contributed by atoms with E-state index in [1.54, 1.807) is 0 Å². The highest BCUT2D eigenvalue weighted by atomic mass is 15.1. The van der Waals surface area contributed by atoms with E-state index in [9.17, 15) is 0 Å². The highest BCUT2D eigenvalue weighted by Crippen LogP contribution is 2.01. The summed E-state index contributed by atoms with van der Waals surface area (Å²) >= 11 is 0. The molecule has 0 atom stereocenters. The smallest absolute Gasteiger partial charge is 0.00213 e. The minimum absolute atomic E-state index is 1.19. The van der Waals surface area contributed by atoms with E-state index < -0.39 is 0 Å². The zero-order valence-corrected chi connectivity index (χ0v) is 16.2. The number of hydrogen-bond donors (Lipinski definition) is 1. The molecule has 1 fully saturated rings. The molecule has 23 heavy (non-hydrogen) atoms. The molecule has 1 rings (SSSR count). The Morgan fingerprint density at radius 3 is 1.00 bits per heavy atom. The van der Waals surface area contributed by atoms with Gasteiger partial charge in [0.2, 0.25) is 0 Å². The molecule has 138 valence electrons. The summed E-state index contributed by atoms with van der Waals surface area (Å²) in [6.07, 6.45) is 10.6. The van der Waals surface area contributed by atoms with Crippen molar-refractivity contribution in [1.82, 2.24) is 20.0 Å². The van der Waals surface area contributed by atoms with Crippen molar-refractivity contribution in [3.63, 3.8) is 0 Å². The van der Waals surface area contributed by atoms with Crippen LogP contribution in [0.4, 0.5) is 0 Å². The van der Waals surface area contributed by atoms with Crippen molar-refractivity contribution >= 4 is 0 Å². The predicted molar refractivity (Wildman–Crippen MR) is 102 cm³/mol. The highest BCUT2D eigenvalue weighted by molar-refractivity contribution is 4.60. The Labute approximate surface area is 145 Å². The molecule has 0 aromatic carbocycles. The summed E-state index contributed by atoms with van der Waals surface area (Å²) in [6, 6.07) is 0. The van der Waals surface area contributed by atoms with Gasteiger partial charge in [-0.05, 0) is 125 Å². The standard InChI is InChI=1S/C19H42N4/c1-21-14-6-4-12-20-13-5-7-15-22(2)17-9-11-19-23(3)18-10-8-16-21/h20H,4-19H2,1-3H3. The van der Waals surface area contributed by atoms with Gasteiger partial charge in [0.25, 0.3) is 0 Å². The van der Waals surface area contributed by atoms with Gasteiger partial charge in [0.1, 0.15) is 0 Å². The molecule has 1 aliphatic rings. The number of hydrogen-bond acceptors (Lipinski definition) is 4. The lowest BCUT2D eigenvalue weighted by Crippen LogP contribution is -2.26. The molecule has 0 aliphatic carbocycles. The Bertz CT molecular complexity index is 236. The van der Waals surface area contributed by atoms with Crippen LogP contribution in [0.2, 0.25) is 0 Å². The van der Waals surface area contributed by atoms with Crippen LogP contribution in [0.1, 0.15) is 51.4 Å². The van der Waals surface area contributed by atoms with Gasteiger partial charge in [-0.25, -0.2) is 0 Å². The minimum Gasteiger partial charge on any atom is -0.317 e. The van der Waals surface area contributed by atoms with Crippen LogP contribution in [0.3, 0.4) is 0 Å². The average Bonchev–Trinajstić information content (AvgIpc) is 2.53. The lowest BCUT2D eigenvalue weighted by atomic mass is 10.2. The van der Waals surface area contributed by atoms with E-state index in [0.29, 0.717) is 0 Å². The summed E-state index contributed by atoms with van der Waals surface area (Å²) in [4.78, 5) is 7.53. The Morgan fingerprint density at radius 2 is 0.696 bits per heavy atom. The molecule has 0 aromatic rings. The van der Waals surface area contributed by atoms with Crippen LogP contribution < -0.4 is 5.32 Å². The summed E-state index contributed by atoms with van der Waals surface area (Å²) in [5.41, 5.74) is 0. The first kappa shape index (κ1) is 20.9. The summed E-state index contributed by atoms with van der Waals surface area (Å²) in [5.74, 6) is 0. The largest absolute Gasteiger partial charge is 0.317 e. The van der Waals surface area contributed by atoms with Gasteiger partial charge in [0.15, 0.2) is 0 Å². The zero-order valence-electron chi connectivity index (χ0n) is 16.2. The highest BCUT2D eigenvalue weighted by Gasteiger charge is 2.03. The first-order chi connectivity index (χ1) is 11.2. The fourth-order valence-corrected chi connectivity index (χ4v) is 3.25. The van der Waals surface area contributed by atoms with E-state index in [0.717, 1.165) is 0 Å². The van der Waals surface area contributed by atoms with Crippen LogP contribution in [0, 0.1) is 0 Å². The molecule has 0 bridgehead atoms. The third-order valence-corrected chi connectivity index (χ3v) is 4.95. The zero-order chi connectivity index (χ0) is 16.8. The van der Waals surface area contributed by atoms with Gasteiger partial charge in [-0.3, -0.25) is 0 Å². The predicted octanol–water partition coefficient (Wildman–Crippen LogP) is 2.51. The van der Waals surface area contributed by atoms with E-state index in [4.69, 9.17) is 0 Å². The molecule has 4 heteroatoms. The Balaban J connectivity index is 2.22. The van der Waals surface area contributed by atoms with Crippen molar-refractivity contribution in [2.45, 2.75) is 51.4 Å². The third kappa shape index (κ3) is 12.9. The molecule has 0 amide bonds. The third-order valence-electron chi connectivity index (χ3n) is 4.95. The quantitative estimate of drug-likeness (QED) is 0.738. The van der Waals surface area contributed by atoms with Crippen LogP contribution in [-0.2, 0) is 0 Å². The Kier molecular flexibility index (Phi) is 12.9. The second kappa shape index (κ2) is 14.2. The van der Waals surface area contributed by atoms with Crippen molar-refractivity contribution in [1.29, 1.82) is 0 Å². The van der Waals surface area contributed by atoms with Crippen molar-refractivity contribution in [3.8, 4) is 0 Å². The summed E-state index contributed by atoms with van der Waals surface area (Å²) in [6.45, 7) is 9.91. The first-order valence-corrected chi connectivity index (χ1v) is 9.95. The summed E-state index contributed by atoms with van der Waals surface area (Å²) < 4.78 is 0. The maximum atomic E-state index is 3.60. The molecule has 0 saturated carbocycles. The van der Waals surface area contributed by atoms with E-state index >= 15 is 0 Å². The fraction of sp³-hybridized carbons (Fsp3) is 1.00. The van der Waals surface area contributed by atoms with Crippen LogP contribution in [-0.4, -0.2) is 88.2 Å². The summed E-state index contributed by atoms with van der Waals surface area (Å²) in [7, 11) is 6.84. The van der Waals surface area contributed by atoms with Crippen LogP contribution in [0.25, 0.3) is 0 Å². The van der Waals surface area contributed by atoms with Crippen LogP contribution in [0.15, 0.2) is 0 Å². The van der Waals surface area contributed by atoms with E-state index in [1.807, 2.05) is 0 Å². The SMILES string of the molecule is CN1CCCCNCCCCN(C)CCCCN(C)CCCC1. The van der Waals surface area contributed by atoms with Gasteiger partial charge < -0.3 is 20.0 Å². The molecular formula is C19H42N4. The van der Waals surface area contributed by atoms with Gasteiger partial charge in [-0.15, -0.1) is 0 Å². The average molecular weight is 327 g/mol. The van der Waals surface area contributed by atoms with E-state index in [-0.39, 0.29) is 0 Å². The maximum absolute atomic E-state index is 3.60. The number of nitrogens with zero attached hydrogens (tertiary/aromatic N) is 3. The van der Waals surface area contributed by atoms with Crippen molar-refractivity contribution < 1.29 is 0 Å². The van der Waals surface area contributed by atoms with Crippen LogP contribution >= 0.6 is 0 Å². The molecular weight excluding hydrogens is 284 g/mol. The van der Waals surface area contributed by atoms with Crippen molar-refractivity contribution in [2.24, 2.45) is 0 Å². The molecule has 0 radical (unpaired) electrons. The van der Waals surface area contributed by atoms with Gasteiger partial charge in [-0.2, -0.15) is 0 Å². The summed E-state index contributed by atoms with van der Waals surface area (Å²) in [5, 5.41) is 3.60. The van der Waals surface area contributed by atoms with Crippen molar-refractivity contribution in [2.75, 3.05) is 73.5 Å². The lowest BCUT2D eigenvalue weighted by molar-refractivity contribution is 0.273. The van der Waals surface area contributed by atoms with Gasteiger partial charge >= 0.3 is 0 Å². The minimum atomic E-state index is 1.19. The first-order valence-electron chi connectivity index (χ1n) is 9.95. The normalized spacial score (nSPS) is 25.2.